The van der Waals surface area contributed by atoms with Gasteiger partial charge in [-0.25, -0.2) is 4.39 Å². The van der Waals surface area contributed by atoms with Crippen molar-refractivity contribution in [2.75, 3.05) is 13.7 Å². The molecule has 2 rings (SSSR count). The minimum atomic E-state index is -0.215. The number of nitrogens with two attached hydrogens (primary N) is 1. The fourth-order valence-corrected chi connectivity index (χ4v) is 3.06. The molecule has 0 radical (unpaired) electrons. The first kappa shape index (κ1) is 14.4. The summed E-state index contributed by atoms with van der Waals surface area (Å²) in [4.78, 5) is 2.23. The van der Waals surface area contributed by atoms with Crippen molar-refractivity contribution < 1.29 is 9.13 Å². The molecule has 1 aliphatic rings. The Hall–Kier alpha value is -0.970. The number of nitrogens with zero attached hydrogens (tertiary/aromatic N) is 1. The number of benzene rings is 1. The summed E-state index contributed by atoms with van der Waals surface area (Å²) >= 11 is 0. The van der Waals surface area contributed by atoms with Crippen molar-refractivity contribution >= 4 is 0 Å². The lowest BCUT2D eigenvalue weighted by Gasteiger charge is -2.37. The van der Waals surface area contributed by atoms with Crippen LogP contribution < -0.4 is 5.73 Å². The van der Waals surface area contributed by atoms with Crippen LogP contribution >= 0.6 is 0 Å². The quantitative estimate of drug-likeness (QED) is 0.909. The van der Waals surface area contributed by atoms with Crippen LogP contribution in [-0.4, -0.2) is 36.7 Å². The molecule has 1 heterocycles. The molecule has 2 N–H and O–H groups in total. The molecule has 1 aliphatic heterocycles. The molecular formula is C15H23FN2O. The molecule has 4 atom stereocenters. The van der Waals surface area contributed by atoms with Crippen LogP contribution in [0, 0.1) is 5.82 Å². The molecule has 0 aromatic heterocycles. The van der Waals surface area contributed by atoms with Gasteiger partial charge in [0.25, 0.3) is 0 Å². The second-order valence-electron chi connectivity index (χ2n) is 5.46. The van der Waals surface area contributed by atoms with Crippen molar-refractivity contribution in [2.45, 2.75) is 44.5 Å². The third-order valence-corrected chi connectivity index (χ3v) is 3.99. The number of rotatable bonds is 4. The minimum absolute atomic E-state index is 0.00449. The first-order chi connectivity index (χ1) is 9.00. The Kier molecular flexibility index (Phi) is 4.55. The van der Waals surface area contributed by atoms with Crippen molar-refractivity contribution in [1.82, 2.24) is 4.90 Å². The SMILES string of the molecule is CC(N)C(c1cccc(F)c1)N(C)C1CCOC1C. The van der Waals surface area contributed by atoms with E-state index >= 15 is 0 Å². The third kappa shape index (κ3) is 3.14. The fourth-order valence-electron chi connectivity index (χ4n) is 3.06. The number of hydrogen-bond donors (Lipinski definition) is 1. The van der Waals surface area contributed by atoms with Gasteiger partial charge in [-0.1, -0.05) is 12.1 Å². The van der Waals surface area contributed by atoms with Gasteiger partial charge < -0.3 is 10.5 Å². The van der Waals surface area contributed by atoms with Gasteiger partial charge in [0.05, 0.1) is 6.10 Å². The Bertz CT molecular complexity index is 424. The van der Waals surface area contributed by atoms with Gasteiger partial charge in [-0.3, -0.25) is 4.90 Å². The van der Waals surface area contributed by atoms with E-state index in [1.54, 1.807) is 12.1 Å². The second-order valence-corrected chi connectivity index (χ2v) is 5.46. The molecule has 1 aromatic rings. The van der Waals surface area contributed by atoms with E-state index in [1.807, 2.05) is 13.0 Å². The summed E-state index contributed by atoms with van der Waals surface area (Å²) in [7, 11) is 2.05. The molecule has 0 saturated carbocycles. The van der Waals surface area contributed by atoms with Crippen LogP contribution in [0.3, 0.4) is 0 Å². The highest BCUT2D eigenvalue weighted by molar-refractivity contribution is 5.22. The van der Waals surface area contributed by atoms with E-state index in [-0.39, 0.29) is 24.0 Å². The Morgan fingerprint density at radius 2 is 2.21 bits per heavy atom. The van der Waals surface area contributed by atoms with Crippen LogP contribution in [0.15, 0.2) is 24.3 Å². The average Bonchev–Trinajstić information content (AvgIpc) is 2.75. The highest BCUT2D eigenvalue weighted by Gasteiger charge is 2.33. The van der Waals surface area contributed by atoms with Gasteiger partial charge in [0.1, 0.15) is 5.82 Å². The minimum Gasteiger partial charge on any atom is -0.377 e. The highest BCUT2D eigenvalue weighted by Crippen LogP contribution is 2.29. The van der Waals surface area contributed by atoms with E-state index in [0.717, 1.165) is 18.6 Å². The molecule has 106 valence electrons. The Labute approximate surface area is 114 Å². The predicted octanol–water partition coefficient (Wildman–Crippen LogP) is 2.32. The van der Waals surface area contributed by atoms with Crippen LogP contribution in [0.2, 0.25) is 0 Å². The third-order valence-electron chi connectivity index (χ3n) is 3.99. The Morgan fingerprint density at radius 3 is 2.74 bits per heavy atom. The Morgan fingerprint density at radius 1 is 1.47 bits per heavy atom. The van der Waals surface area contributed by atoms with Gasteiger partial charge in [0, 0.05) is 24.7 Å². The smallest absolute Gasteiger partial charge is 0.123 e. The molecule has 0 bridgehead atoms. The standard InChI is InChI=1S/C15H23FN2O/c1-10(17)15(12-5-4-6-13(16)9-12)18(3)14-7-8-19-11(14)2/h4-6,9-11,14-15H,7-8,17H2,1-3H3. The van der Waals surface area contributed by atoms with Gasteiger partial charge in [0.15, 0.2) is 0 Å². The van der Waals surface area contributed by atoms with Crippen LogP contribution in [0.4, 0.5) is 4.39 Å². The zero-order valence-corrected chi connectivity index (χ0v) is 11.8. The summed E-state index contributed by atoms with van der Waals surface area (Å²) in [5.41, 5.74) is 7.06. The van der Waals surface area contributed by atoms with Crippen LogP contribution in [0.1, 0.15) is 31.9 Å². The summed E-state index contributed by atoms with van der Waals surface area (Å²) in [6, 6.07) is 6.98. The number of halogens is 1. The highest BCUT2D eigenvalue weighted by atomic mass is 19.1. The summed E-state index contributed by atoms with van der Waals surface area (Å²) in [5.74, 6) is -0.215. The molecule has 19 heavy (non-hydrogen) atoms. The predicted molar refractivity (Wildman–Crippen MR) is 74.4 cm³/mol. The molecule has 0 amide bonds. The maximum atomic E-state index is 13.4. The van der Waals surface area contributed by atoms with E-state index in [4.69, 9.17) is 10.5 Å². The van der Waals surface area contributed by atoms with Crippen molar-refractivity contribution in [3.05, 3.63) is 35.6 Å². The molecule has 1 fully saturated rings. The molecule has 4 heteroatoms. The van der Waals surface area contributed by atoms with Crippen LogP contribution in [0.25, 0.3) is 0 Å². The van der Waals surface area contributed by atoms with E-state index in [2.05, 4.69) is 18.9 Å². The fraction of sp³-hybridized carbons (Fsp3) is 0.600. The lowest BCUT2D eigenvalue weighted by Crippen LogP contribution is -2.45. The topological polar surface area (TPSA) is 38.5 Å². The van der Waals surface area contributed by atoms with E-state index in [9.17, 15) is 4.39 Å². The average molecular weight is 266 g/mol. The molecule has 0 spiro atoms. The normalized spacial score (nSPS) is 26.6. The number of ether oxygens (including phenoxy) is 1. The van der Waals surface area contributed by atoms with Gasteiger partial charge in [0.2, 0.25) is 0 Å². The van der Waals surface area contributed by atoms with Crippen molar-refractivity contribution in [1.29, 1.82) is 0 Å². The van der Waals surface area contributed by atoms with E-state index < -0.39 is 0 Å². The van der Waals surface area contributed by atoms with Crippen molar-refractivity contribution in [2.24, 2.45) is 5.73 Å². The van der Waals surface area contributed by atoms with Gasteiger partial charge in [-0.2, -0.15) is 0 Å². The molecule has 3 nitrogen and oxygen atoms in total. The lowest BCUT2D eigenvalue weighted by atomic mass is 9.96. The van der Waals surface area contributed by atoms with Crippen LogP contribution in [0.5, 0.6) is 0 Å². The maximum Gasteiger partial charge on any atom is 0.123 e. The zero-order chi connectivity index (χ0) is 14.0. The Balaban J connectivity index is 2.25. The number of hydrogen-bond acceptors (Lipinski definition) is 3. The van der Waals surface area contributed by atoms with E-state index in [1.165, 1.54) is 6.07 Å². The summed E-state index contributed by atoms with van der Waals surface area (Å²) in [6.45, 7) is 4.83. The van der Waals surface area contributed by atoms with Gasteiger partial charge in [-0.15, -0.1) is 0 Å². The zero-order valence-electron chi connectivity index (χ0n) is 11.8. The van der Waals surface area contributed by atoms with Crippen LogP contribution in [-0.2, 0) is 4.74 Å². The van der Waals surface area contributed by atoms with Gasteiger partial charge >= 0.3 is 0 Å². The summed E-state index contributed by atoms with van der Waals surface area (Å²) in [5, 5.41) is 0. The molecule has 4 unspecified atom stereocenters. The molecule has 1 saturated heterocycles. The van der Waals surface area contributed by atoms with Crippen molar-refractivity contribution in [3.63, 3.8) is 0 Å². The molecule has 0 aliphatic carbocycles. The summed E-state index contributed by atoms with van der Waals surface area (Å²) in [6.07, 6.45) is 1.19. The summed E-state index contributed by atoms with van der Waals surface area (Å²) < 4.78 is 19.0. The van der Waals surface area contributed by atoms with Gasteiger partial charge in [-0.05, 0) is 45.0 Å². The monoisotopic (exact) mass is 266 g/mol. The second kappa shape index (κ2) is 5.99. The largest absolute Gasteiger partial charge is 0.377 e. The maximum absolute atomic E-state index is 13.4. The molecular weight excluding hydrogens is 243 g/mol. The first-order valence-corrected chi connectivity index (χ1v) is 6.85. The number of likely N-dealkylation sites (N-methyl/N-ethyl adjacent to an activating group) is 1. The molecule has 1 aromatic carbocycles. The first-order valence-electron chi connectivity index (χ1n) is 6.85. The van der Waals surface area contributed by atoms with E-state index in [0.29, 0.717) is 6.04 Å². The lowest BCUT2D eigenvalue weighted by molar-refractivity contribution is 0.0625. The van der Waals surface area contributed by atoms with Crippen molar-refractivity contribution in [3.8, 4) is 0 Å².